The number of hydrogen-bond acceptors (Lipinski definition) is 7. The predicted octanol–water partition coefficient (Wildman–Crippen LogP) is 0.540. The summed E-state index contributed by atoms with van der Waals surface area (Å²) in [6.45, 7) is 7.41. The van der Waals surface area contributed by atoms with Crippen molar-refractivity contribution in [3.63, 3.8) is 0 Å². The van der Waals surface area contributed by atoms with Crippen LogP contribution in [0.25, 0.3) is 0 Å². The Morgan fingerprint density at radius 3 is 1.47 bits per heavy atom. The van der Waals surface area contributed by atoms with Crippen LogP contribution >= 0.6 is 0 Å². The lowest BCUT2D eigenvalue weighted by Crippen LogP contribution is -2.33. The molecule has 0 aliphatic carbocycles. The van der Waals surface area contributed by atoms with E-state index in [0.29, 0.717) is 0 Å². The van der Waals surface area contributed by atoms with Crippen LogP contribution in [0.3, 0.4) is 0 Å². The summed E-state index contributed by atoms with van der Waals surface area (Å²) in [5, 5.41) is 0. The number of halogens is 1. The van der Waals surface area contributed by atoms with Crippen LogP contribution in [0, 0.1) is 5.92 Å². The Morgan fingerprint density at radius 2 is 1.37 bits per heavy atom. The van der Waals surface area contributed by atoms with Crippen molar-refractivity contribution in [1.82, 2.24) is 0 Å². The van der Waals surface area contributed by atoms with Crippen molar-refractivity contribution >= 4 is 21.2 Å². The fourth-order valence-electron chi connectivity index (χ4n) is 1.70. The fourth-order valence-corrected chi connectivity index (χ4v) is 1.70. The maximum Gasteiger partial charge on any atom is 0.425 e. The van der Waals surface area contributed by atoms with Crippen molar-refractivity contribution in [3.8, 4) is 0 Å². The normalized spacial score (nSPS) is 32.4. The second-order valence-corrected chi connectivity index (χ2v) is 4.89. The van der Waals surface area contributed by atoms with E-state index in [1.54, 1.807) is 6.92 Å². The molecule has 0 bridgehead atoms. The van der Waals surface area contributed by atoms with Gasteiger partial charge in [-0.15, -0.1) is 25.3 Å². The predicted molar refractivity (Wildman–Crippen MR) is 62.7 cm³/mol. The Hall–Kier alpha value is -0.870. The lowest BCUT2D eigenvalue weighted by Gasteiger charge is -2.21. The Labute approximate surface area is 114 Å². The highest BCUT2D eigenvalue weighted by molar-refractivity contribution is 7.59. The summed E-state index contributed by atoms with van der Waals surface area (Å²) in [6, 6.07) is 0. The Balaban J connectivity index is 0. The van der Waals surface area contributed by atoms with E-state index >= 15 is 0 Å². The van der Waals surface area contributed by atoms with Crippen LogP contribution in [0.2, 0.25) is 0 Å². The third-order valence-electron chi connectivity index (χ3n) is 3.02. The summed E-state index contributed by atoms with van der Waals surface area (Å²) >= 11 is 0. The van der Waals surface area contributed by atoms with Gasteiger partial charge in [-0.05, 0) is 20.3 Å². The average molecular weight is 320 g/mol. The molecule has 0 unspecified atom stereocenters. The molecule has 1 fully saturated rings. The second kappa shape index (κ2) is 9.10. The molecule has 1 heterocycles. The van der Waals surface area contributed by atoms with Crippen LogP contribution in [0.1, 0.15) is 34.1 Å². The third kappa shape index (κ3) is 8.78. The first kappa shape index (κ1) is 20.4. The number of rotatable bonds is 1. The molecule has 1 aliphatic heterocycles. The van der Waals surface area contributed by atoms with Crippen molar-refractivity contribution in [3.05, 3.63) is 0 Å². The van der Waals surface area contributed by atoms with Crippen molar-refractivity contribution in [1.29, 1.82) is 0 Å². The van der Waals surface area contributed by atoms with Gasteiger partial charge < -0.3 is 4.74 Å². The van der Waals surface area contributed by atoms with Crippen LogP contribution < -0.4 is 0 Å². The largest absolute Gasteiger partial charge is 0.425 e. The Bertz CT molecular complexity index is 423. The summed E-state index contributed by atoms with van der Waals surface area (Å²) in [5.41, 5.74) is -1.14. The Morgan fingerprint density at radius 1 is 1.05 bits per heavy atom. The fraction of sp³-hybridized carbons (Fsp3) is 1.00. The molecule has 0 aromatic carbocycles. The molecule has 0 saturated carbocycles. The number of ether oxygens (including phenoxy) is 1. The molecule has 0 radical (unpaired) electrons. The van der Waals surface area contributed by atoms with Crippen molar-refractivity contribution in [2.75, 3.05) is 0 Å². The molecular formula is C9H17FO7S2. The number of alkyl halides is 1. The summed E-state index contributed by atoms with van der Waals surface area (Å²) in [6.07, 6.45) is 0.771. The lowest BCUT2D eigenvalue weighted by molar-refractivity contribution is 0.0147. The minimum Gasteiger partial charge on any atom is -0.372 e. The summed E-state index contributed by atoms with van der Waals surface area (Å²) in [5.74, 6) is 0.0301. The van der Waals surface area contributed by atoms with Crippen molar-refractivity contribution in [2.24, 2.45) is 5.92 Å². The molecule has 0 spiro atoms. The van der Waals surface area contributed by atoms with Gasteiger partial charge in [0.05, 0.1) is 12.2 Å². The van der Waals surface area contributed by atoms with Crippen LogP contribution in [-0.2, 0) is 26.0 Å². The van der Waals surface area contributed by atoms with Gasteiger partial charge >= 0.3 is 21.2 Å². The van der Waals surface area contributed by atoms with Crippen LogP contribution in [-0.4, -0.2) is 43.1 Å². The van der Waals surface area contributed by atoms with E-state index in [1.807, 2.05) is 20.8 Å². The molecule has 1 saturated heterocycles. The SMILES string of the molecule is CC[C@H]1O[C@@H](C)[C@](C)(F)[C@@H]1C.O=S(=O)=O.O=S(=O)=O. The molecule has 1 rings (SSSR count). The standard InChI is InChI=1S/C9H17FO.2O3S/c1-5-8-6(2)9(4,10)7(3)11-8;2*1-4(2)3/h6-8H,5H2,1-4H3;;/t6-,7+,8-,9-;;/m1../s1. The van der Waals surface area contributed by atoms with Gasteiger partial charge in [0.15, 0.2) is 0 Å². The van der Waals surface area contributed by atoms with Crippen molar-refractivity contribution in [2.45, 2.75) is 52.0 Å². The monoisotopic (exact) mass is 320 g/mol. The van der Waals surface area contributed by atoms with Gasteiger partial charge in [0.25, 0.3) is 0 Å². The van der Waals surface area contributed by atoms with E-state index in [9.17, 15) is 4.39 Å². The zero-order valence-electron chi connectivity index (χ0n) is 11.0. The summed E-state index contributed by atoms with van der Waals surface area (Å²) in [7, 11) is -6.22. The lowest BCUT2D eigenvalue weighted by atomic mass is 9.87. The Kier molecular flexibility index (Phi) is 9.79. The average Bonchev–Trinajstić information content (AvgIpc) is 2.40. The van der Waals surface area contributed by atoms with Gasteiger partial charge in [0.1, 0.15) is 5.67 Å². The van der Waals surface area contributed by atoms with E-state index in [1.165, 1.54) is 0 Å². The van der Waals surface area contributed by atoms with Crippen LogP contribution in [0.4, 0.5) is 4.39 Å². The molecule has 0 aromatic rings. The molecule has 1 aliphatic rings. The van der Waals surface area contributed by atoms with Gasteiger partial charge in [-0.1, -0.05) is 13.8 Å². The molecule has 10 heteroatoms. The van der Waals surface area contributed by atoms with E-state index in [0.717, 1.165) is 6.42 Å². The smallest absolute Gasteiger partial charge is 0.372 e. The highest BCUT2D eigenvalue weighted by Gasteiger charge is 2.48. The minimum atomic E-state index is -3.11. The molecule has 0 aromatic heterocycles. The molecule has 114 valence electrons. The van der Waals surface area contributed by atoms with E-state index in [2.05, 4.69) is 0 Å². The molecule has 0 amide bonds. The third-order valence-corrected chi connectivity index (χ3v) is 3.02. The first-order valence-corrected chi connectivity index (χ1v) is 7.34. The zero-order chi connectivity index (χ0) is 15.8. The maximum atomic E-state index is 13.7. The first-order valence-electron chi connectivity index (χ1n) is 5.34. The molecule has 0 N–H and O–H groups in total. The van der Waals surface area contributed by atoms with Gasteiger partial charge in [-0.25, -0.2) is 4.39 Å². The quantitative estimate of drug-likeness (QED) is 0.693. The van der Waals surface area contributed by atoms with E-state index < -0.39 is 26.9 Å². The maximum absolute atomic E-state index is 13.7. The van der Waals surface area contributed by atoms with E-state index in [-0.39, 0.29) is 18.1 Å². The van der Waals surface area contributed by atoms with Gasteiger partial charge in [0.2, 0.25) is 0 Å². The topological polar surface area (TPSA) is 112 Å². The minimum absolute atomic E-state index is 0.0301. The summed E-state index contributed by atoms with van der Waals surface area (Å²) in [4.78, 5) is 0. The highest BCUT2D eigenvalue weighted by Crippen LogP contribution is 2.39. The molecule has 4 atom stereocenters. The van der Waals surface area contributed by atoms with Crippen molar-refractivity contribution < 1.29 is 34.4 Å². The number of hydrogen-bond donors (Lipinski definition) is 0. The van der Waals surface area contributed by atoms with Gasteiger partial charge in [-0.3, -0.25) is 0 Å². The van der Waals surface area contributed by atoms with Gasteiger partial charge in [0, 0.05) is 5.92 Å². The van der Waals surface area contributed by atoms with Crippen LogP contribution in [0.15, 0.2) is 0 Å². The second-order valence-electron chi connectivity index (χ2n) is 4.07. The zero-order valence-corrected chi connectivity index (χ0v) is 12.6. The molecule has 7 nitrogen and oxygen atoms in total. The van der Waals surface area contributed by atoms with Gasteiger partial charge in [-0.2, -0.15) is 0 Å². The molecule has 19 heavy (non-hydrogen) atoms. The van der Waals surface area contributed by atoms with Crippen LogP contribution in [0.5, 0.6) is 0 Å². The molecular weight excluding hydrogens is 303 g/mol. The highest BCUT2D eigenvalue weighted by atomic mass is 32.2. The van der Waals surface area contributed by atoms with E-state index in [4.69, 9.17) is 30.0 Å². The summed E-state index contributed by atoms with van der Waals surface area (Å²) < 4.78 is 69.8. The first-order chi connectivity index (χ1) is 8.46.